The molecule has 0 radical (unpaired) electrons. The third-order valence-corrected chi connectivity index (χ3v) is 9.88. The fourth-order valence-corrected chi connectivity index (χ4v) is 7.05. The molecule has 1 aliphatic heterocycles. The van der Waals surface area contributed by atoms with Gasteiger partial charge < -0.3 is 24.0 Å². The van der Waals surface area contributed by atoms with E-state index in [1.807, 2.05) is 6.07 Å². The molecule has 2 atom stereocenters. The molecular formula is C35H31F4N4O8PS. The lowest BCUT2D eigenvalue weighted by Gasteiger charge is -2.40. The van der Waals surface area contributed by atoms with E-state index in [9.17, 15) is 32.3 Å². The van der Waals surface area contributed by atoms with Gasteiger partial charge in [0.1, 0.15) is 35.9 Å². The van der Waals surface area contributed by atoms with Gasteiger partial charge in [0, 0.05) is 28.0 Å². The molecule has 53 heavy (non-hydrogen) atoms. The first-order valence-corrected chi connectivity index (χ1v) is 18.2. The first-order chi connectivity index (χ1) is 25.3. The largest absolute Gasteiger partial charge is 0.469 e. The summed E-state index contributed by atoms with van der Waals surface area (Å²) in [7, 11) is -5.09. The van der Waals surface area contributed by atoms with Gasteiger partial charge in [0.15, 0.2) is 11.9 Å². The Balaban J connectivity index is 1.39. The van der Waals surface area contributed by atoms with Crippen LogP contribution in [-0.2, 0) is 42.1 Å². The second-order valence-corrected chi connectivity index (χ2v) is 14.4. The number of allylic oxidation sites excluding steroid dienone is 2. The molecule has 4 aromatic rings. The Bertz CT molecular complexity index is 2070. The Morgan fingerprint density at radius 3 is 2.55 bits per heavy atom. The summed E-state index contributed by atoms with van der Waals surface area (Å²) in [6, 6.07) is 12.0. The molecule has 3 aromatic carbocycles. The monoisotopic (exact) mass is 774 g/mol. The second kappa shape index (κ2) is 17.4. The van der Waals surface area contributed by atoms with Crippen LogP contribution in [0.4, 0.5) is 17.6 Å². The number of carbonyl (C=O) groups excluding carboxylic acids is 1. The van der Waals surface area contributed by atoms with Crippen molar-refractivity contribution in [3.8, 4) is 6.07 Å². The molecule has 2 heterocycles. The molecule has 0 bridgehead atoms. The molecule has 5 rings (SSSR count). The summed E-state index contributed by atoms with van der Waals surface area (Å²) >= 11 is 1.19. The Labute approximate surface area is 304 Å². The zero-order valence-electron chi connectivity index (χ0n) is 27.7. The first kappa shape index (κ1) is 39.5. The molecule has 18 heteroatoms. The van der Waals surface area contributed by atoms with Gasteiger partial charge in [0.25, 0.3) is 0 Å². The Kier molecular flexibility index (Phi) is 13.0. The number of esters is 1. The number of nitrogens with zero attached hydrogens (tertiary/aromatic N) is 4. The predicted molar refractivity (Wildman–Crippen MR) is 183 cm³/mol. The van der Waals surface area contributed by atoms with Crippen molar-refractivity contribution in [2.45, 2.75) is 42.5 Å². The summed E-state index contributed by atoms with van der Waals surface area (Å²) < 4.78 is 94.0. The number of aromatic nitrogens is 3. The van der Waals surface area contributed by atoms with E-state index in [4.69, 9.17) is 19.5 Å². The van der Waals surface area contributed by atoms with Gasteiger partial charge in [-0.15, -0.1) is 11.8 Å². The maximum Gasteiger partial charge on any atom is 0.469 e. The van der Waals surface area contributed by atoms with Crippen molar-refractivity contribution in [1.29, 1.82) is 5.26 Å². The third-order valence-electron chi connectivity index (χ3n) is 7.97. The lowest BCUT2D eigenvalue weighted by atomic mass is 9.89. The lowest BCUT2D eigenvalue weighted by Crippen LogP contribution is -2.47. The zero-order valence-corrected chi connectivity index (χ0v) is 29.4. The number of phosphoric ester groups is 1. The van der Waals surface area contributed by atoms with Crippen LogP contribution in [0.25, 0.3) is 6.08 Å². The minimum atomic E-state index is -5.09. The number of carbonyl (C=O) groups is 1. The van der Waals surface area contributed by atoms with Gasteiger partial charge in [0.2, 0.25) is 0 Å². The van der Waals surface area contributed by atoms with Crippen LogP contribution in [0.1, 0.15) is 39.5 Å². The molecular weight excluding hydrogens is 743 g/mol. The second-order valence-electron chi connectivity index (χ2n) is 11.6. The van der Waals surface area contributed by atoms with Gasteiger partial charge in [0.05, 0.1) is 48.8 Å². The smallest absolute Gasteiger partial charge is 0.447 e. The van der Waals surface area contributed by atoms with Crippen molar-refractivity contribution in [3.05, 3.63) is 137 Å². The highest BCUT2D eigenvalue weighted by Gasteiger charge is 2.47. The number of phosphoric acid groups is 1. The van der Waals surface area contributed by atoms with Crippen LogP contribution in [0, 0.1) is 34.6 Å². The van der Waals surface area contributed by atoms with Crippen molar-refractivity contribution < 1.29 is 55.4 Å². The van der Waals surface area contributed by atoms with Gasteiger partial charge in [-0.2, -0.15) is 10.4 Å². The summed E-state index contributed by atoms with van der Waals surface area (Å²) in [6.07, 6.45) is 8.00. The number of hydrogen-bond acceptors (Lipinski definition) is 10. The SMILES string of the molecule is C[C@@H](SC1COC(/C=C/C=C/c2ccc(C#N)cc2F)OC1)[C@@](Cn1cncn1)(OC(=O)c1cccc(F)c1COP(=O)(O)O)c1ccc(F)cc1F. The summed E-state index contributed by atoms with van der Waals surface area (Å²) in [5.41, 5.74) is -2.76. The van der Waals surface area contributed by atoms with Crippen LogP contribution in [-0.4, -0.2) is 60.5 Å². The molecule has 2 N–H and O–H groups in total. The quantitative estimate of drug-likeness (QED) is 0.0646. The van der Waals surface area contributed by atoms with E-state index in [1.54, 1.807) is 25.2 Å². The average molecular weight is 775 g/mol. The van der Waals surface area contributed by atoms with E-state index in [1.165, 1.54) is 53.4 Å². The number of benzene rings is 3. The number of halogens is 4. The Morgan fingerprint density at radius 1 is 1.11 bits per heavy atom. The molecule has 0 unspecified atom stereocenters. The summed E-state index contributed by atoms with van der Waals surface area (Å²) in [4.78, 5) is 36.3. The zero-order chi connectivity index (χ0) is 38.2. The van der Waals surface area contributed by atoms with Crippen LogP contribution in [0.15, 0.2) is 85.5 Å². The van der Waals surface area contributed by atoms with Gasteiger partial charge >= 0.3 is 13.8 Å². The summed E-state index contributed by atoms with van der Waals surface area (Å²) in [5, 5.41) is 11.7. The van der Waals surface area contributed by atoms with E-state index >= 15 is 4.39 Å². The van der Waals surface area contributed by atoms with Crippen LogP contribution in [0.5, 0.6) is 0 Å². The molecule has 1 aliphatic rings. The fourth-order valence-electron chi connectivity index (χ4n) is 5.39. The van der Waals surface area contributed by atoms with E-state index in [-0.39, 0.29) is 36.4 Å². The normalized spacial score (nSPS) is 18.2. The van der Waals surface area contributed by atoms with Crippen LogP contribution >= 0.6 is 19.6 Å². The van der Waals surface area contributed by atoms with Gasteiger partial charge in [-0.1, -0.05) is 30.4 Å². The fraction of sp³-hybridized carbons (Fsp3) is 0.257. The van der Waals surface area contributed by atoms with E-state index in [0.717, 1.165) is 30.3 Å². The maximum absolute atomic E-state index is 15.8. The van der Waals surface area contributed by atoms with E-state index in [2.05, 4.69) is 14.6 Å². The van der Waals surface area contributed by atoms with Crippen LogP contribution < -0.4 is 0 Å². The van der Waals surface area contributed by atoms with E-state index in [0.29, 0.717) is 6.07 Å². The number of nitriles is 1. The number of rotatable bonds is 14. The Morgan fingerprint density at radius 2 is 1.89 bits per heavy atom. The molecule has 0 saturated carbocycles. The Hall–Kier alpha value is -4.66. The molecule has 0 aliphatic carbocycles. The highest BCUT2D eigenvalue weighted by molar-refractivity contribution is 8.00. The van der Waals surface area contributed by atoms with Gasteiger partial charge in [-0.25, -0.2) is 36.6 Å². The molecule has 12 nitrogen and oxygen atoms in total. The predicted octanol–water partition coefficient (Wildman–Crippen LogP) is 6.20. The molecule has 1 saturated heterocycles. The van der Waals surface area contributed by atoms with Crippen molar-refractivity contribution in [3.63, 3.8) is 0 Å². The molecule has 1 fully saturated rings. The molecule has 0 amide bonds. The van der Waals surface area contributed by atoms with Crippen molar-refractivity contribution in [2.75, 3.05) is 13.2 Å². The molecule has 1 aromatic heterocycles. The maximum atomic E-state index is 15.8. The minimum absolute atomic E-state index is 0.116. The molecule has 278 valence electrons. The lowest BCUT2D eigenvalue weighted by molar-refractivity contribution is -0.146. The van der Waals surface area contributed by atoms with Gasteiger partial charge in [-0.05, 0) is 49.4 Å². The van der Waals surface area contributed by atoms with Crippen LogP contribution in [0.3, 0.4) is 0 Å². The van der Waals surface area contributed by atoms with Crippen molar-refractivity contribution in [2.24, 2.45) is 0 Å². The standard InChI is InChI=1S/C35H31F4N4O8PS/c1-22(53-26-16-48-33(49-17-26)8-3-2-5-24-10-9-23(15-40)13-31(24)38)35(19-43-21-41-20-42-43,29-12-11-25(36)14-32(29)39)51-34(44)27-6-4-7-30(37)28(27)18-50-52(45,46)47/h2-14,20-22,26,33H,16-19H2,1H3,(H2,45,46,47)/b5-2+,8-3+/t22-,26?,33?,35-/m1/s1. The highest BCUT2D eigenvalue weighted by Crippen LogP contribution is 2.43. The number of thioether (sulfide) groups is 1. The third kappa shape index (κ3) is 10.3. The van der Waals surface area contributed by atoms with Crippen LogP contribution in [0.2, 0.25) is 0 Å². The topological polar surface area (TPSA) is 166 Å². The van der Waals surface area contributed by atoms with Crippen molar-refractivity contribution in [1.82, 2.24) is 14.8 Å². The highest BCUT2D eigenvalue weighted by atomic mass is 32.2. The van der Waals surface area contributed by atoms with Crippen molar-refractivity contribution >= 4 is 31.6 Å². The minimum Gasteiger partial charge on any atom is -0.447 e. The average Bonchev–Trinajstić information content (AvgIpc) is 3.63. The molecule has 0 spiro atoms. The summed E-state index contributed by atoms with van der Waals surface area (Å²) in [5.74, 6) is -4.75. The number of hydrogen-bond donors (Lipinski definition) is 2. The number of ether oxygens (including phenoxy) is 3. The van der Waals surface area contributed by atoms with Gasteiger partial charge in [-0.3, -0.25) is 4.52 Å². The first-order valence-electron chi connectivity index (χ1n) is 15.7. The van der Waals surface area contributed by atoms with E-state index < -0.39 is 77.2 Å². The summed E-state index contributed by atoms with van der Waals surface area (Å²) in [6.45, 7) is 0.502.